The molecular weight excluding hydrogens is 326 g/mol. The number of methoxy groups -OCH3 is 1. The molecule has 4 heteroatoms. The Morgan fingerprint density at radius 1 is 1.60 bits per heavy atom. The van der Waals surface area contributed by atoms with Crippen LogP contribution in [-0.2, 0) is 9.53 Å². The van der Waals surface area contributed by atoms with Gasteiger partial charge in [0.15, 0.2) is 0 Å². The highest BCUT2D eigenvalue weighted by Crippen LogP contribution is 2.15. The molecule has 1 rings (SSSR count). The van der Waals surface area contributed by atoms with Gasteiger partial charge in [-0.15, -0.1) is 0 Å². The van der Waals surface area contributed by atoms with Gasteiger partial charge in [-0.1, -0.05) is 46.3 Å². The highest BCUT2D eigenvalue weighted by atomic mass is 127. The molecule has 0 bridgehead atoms. The van der Waals surface area contributed by atoms with Crippen molar-refractivity contribution in [2.24, 2.45) is 0 Å². The van der Waals surface area contributed by atoms with Gasteiger partial charge < -0.3 is 4.74 Å². The van der Waals surface area contributed by atoms with Crippen LogP contribution in [-0.4, -0.2) is 17.5 Å². The number of hydrogen-bond acceptors (Lipinski definition) is 2. The van der Waals surface area contributed by atoms with Crippen LogP contribution in [0.2, 0.25) is 5.02 Å². The molecule has 0 fully saturated rings. The Hall–Kier alpha value is -0.550. The molecule has 0 unspecified atom stereocenters. The second kappa shape index (κ2) is 6.12. The number of halogens is 2. The molecule has 0 aliphatic rings. The molecule has 0 heterocycles. The maximum Gasteiger partial charge on any atom is 0.334 e. The molecule has 80 valence electrons. The van der Waals surface area contributed by atoms with Crippen molar-refractivity contribution in [3.8, 4) is 0 Å². The largest absolute Gasteiger partial charge is 0.466 e. The molecule has 2 nitrogen and oxygen atoms in total. The van der Waals surface area contributed by atoms with E-state index in [1.54, 1.807) is 18.2 Å². The molecular formula is C11H10ClIO2. The molecule has 1 aromatic rings. The van der Waals surface area contributed by atoms with E-state index in [9.17, 15) is 4.79 Å². The van der Waals surface area contributed by atoms with Crippen LogP contribution in [0.5, 0.6) is 0 Å². The summed E-state index contributed by atoms with van der Waals surface area (Å²) >= 11 is 7.96. The maximum atomic E-state index is 11.3. The van der Waals surface area contributed by atoms with E-state index in [1.165, 1.54) is 7.11 Å². The summed E-state index contributed by atoms with van der Waals surface area (Å²) in [6.45, 7) is 0. The van der Waals surface area contributed by atoms with Gasteiger partial charge in [0.05, 0.1) is 7.11 Å². The van der Waals surface area contributed by atoms with Crippen LogP contribution in [0.25, 0.3) is 6.08 Å². The van der Waals surface area contributed by atoms with E-state index in [2.05, 4.69) is 27.3 Å². The highest BCUT2D eigenvalue weighted by Gasteiger charge is 2.07. The number of hydrogen-bond donors (Lipinski definition) is 0. The Bertz CT molecular complexity index is 388. The third-order valence-corrected chi connectivity index (χ3v) is 2.84. The molecule has 0 N–H and O–H groups in total. The number of esters is 1. The topological polar surface area (TPSA) is 26.3 Å². The van der Waals surface area contributed by atoms with E-state index in [0.29, 0.717) is 15.0 Å². The van der Waals surface area contributed by atoms with E-state index in [0.717, 1.165) is 5.56 Å². The zero-order chi connectivity index (χ0) is 11.3. The number of carbonyl (C=O) groups excluding carboxylic acids is 1. The maximum absolute atomic E-state index is 11.3. The first-order valence-corrected chi connectivity index (χ1v) is 6.18. The SMILES string of the molecule is COC(=O)/C(=C/c1cccc(Cl)c1)CI. The third kappa shape index (κ3) is 3.83. The molecule has 0 saturated carbocycles. The Morgan fingerprint density at radius 3 is 2.87 bits per heavy atom. The monoisotopic (exact) mass is 336 g/mol. The fourth-order valence-electron chi connectivity index (χ4n) is 1.08. The normalized spacial score (nSPS) is 11.3. The highest BCUT2D eigenvalue weighted by molar-refractivity contribution is 14.1. The van der Waals surface area contributed by atoms with Crippen molar-refractivity contribution >= 4 is 46.2 Å². The van der Waals surface area contributed by atoms with Crippen LogP contribution in [0, 0.1) is 0 Å². The molecule has 0 atom stereocenters. The van der Waals surface area contributed by atoms with Crippen LogP contribution in [0.1, 0.15) is 5.56 Å². The van der Waals surface area contributed by atoms with E-state index in [1.807, 2.05) is 12.1 Å². The Morgan fingerprint density at radius 2 is 2.33 bits per heavy atom. The van der Waals surface area contributed by atoms with E-state index >= 15 is 0 Å². The van der Waals surface area contributed by atoms with Crippen molar-refractivity contribution in [1.29, 1.82) is 0 Å². The van der Waals surface area contributed by atoms with Crippen molar-refractivity contribution in [3.63, 3.8) is 0 Å². The van der Waals surface area contributed by atoms with Gasteiger partial charge in [0, 0.05) is 15.0 Å². The third-order valence-electron chi connectivity index (χ3n) is 1.78. The van der Waals surface area contributed by atoms with Crippen molar-refractivity contribution in [1.82, 2.24) is 0 Å². The van der Waals surface area contributed by atoms with Crippen LogP contribution in [0.15, 0.2) is 29.8 Å². The van der Waals surface area contributed by atoms with Gasteiger partial charge in [0.25, 0.3) is 0 Å². The number of rotatable bonds is 3. The Balaban J connectivity index is 2.98. The summed E-state index contributed by atoms with van der Waals surface area (Å²) in [4.78, 5) is 11.3. The average molecular weight is 337 g/mol. The van der Waals surface area contributed by atoms with Crippen molar-refractivity contribution in [3.05, 3.63) is 40.4 Å². The zero-order valence-corrected chi connectivity index (χ0v) is 11.1. The minimum atomic E-state index is -0.302. The van der Waals surface area contributed by atoms with Gasteiger partial charge in [-0.05, 0) is 23.8 Å². The van der Waals surface area contributed by atoms with Crippen LogP contribution >= 0.6 is 34.2 Å². The minimum absolute atomic E-state index is 0.302. The number of ether oxygens (including phenoxy) is 1. The number of alkyl halides is 1. The molecule has 15 heavy (non-hydrogen) atoms. The van der Waals surface area contributed by atoms with Gasteiger partial charge >= 0.3 is 5.97 Å². The average Bonchev–Trinajstić information content (AvgIpc) is 2.25. The molecule has 0 radical (unpaired) electrons. The summed E-state index contributed by atoms with van der Waals surface area (Å²) in [5, 5.41) is 0.654. The van der Waals surface area contributed by atoms with Crippen LogP contribution in [0.3, 0.4) is 0 Å². The summed E-state index contributed by atoms with van der Waals surface area (Å²) in [7, 11) is 1.38. The van der Waals surface area contributed by atoms with Crippen molar-refractivity contribution in [2.75, 3.05) is 11.5 Å². The summed E-state index contributed by atoms with van der Waals surface area (Å²) < 4.78 is 5.27. The fourth-order valence-corrected chi connectivity index (χ4v) is 1.81. The summed E-state index contributed by atoms with van der Waals surface area (Å²) in [6.07, 6.45) is 1.78. The first-order chi connectivity index (χ1) is 7.17. The summed E-state index contributed by atoms with van der Waals surface area (Å²) in [6, 6.07) is 7.33. The molecule has 0 saturated heterocycles. The summed E-state index contributed by atoms with van der Waals surface area (Å²) in [5.41, 5.74) is 1.53. The standard InChI is InChI=1S/C11H10ClIO2/c1-15-11(14)9(7-13)5-8-3-2-4-10(12)6-8/h2-6H,7H2,1H3/b9-5+. The van der Waals surface area contributed by atoms with Crippen LogP contribution in [0.4, 0.5) is 0 Å². The van der Waals surface area contributed by atoms with Gasteiger partial charge in [0.2, 0.25) is 0 Å². The Labute approximate surface area is 107 Å². The van der Waals surface area contributed by atoms with Gasteiger partial charge in [0.1, 0.15) is 0 Å². The predicted molar refractivity (Wildman–Crippen MR) is 70.3 cm³/mol. The molecule has 0 aromatic heterocycles. The Kier molecular flexibility index (Phi) is 5.11. The lowest BCUT2D eigenvalue weighted by atomic mass is 10.1. The predicted octanol–water partition coefficient (Wildman–Crippen LogP) is 3.33. The minimum Gasteiger partial charge on any atom is -0.466 e. The van der Waals surface area contributed by atoms with E-state index in [4.69, 9.17) is 11.6 Å². The van der Waals surface area contributed by atoms with Gasteiger partial charge in [-0.25, -0.2) is 4.79 Å². The van der Waals surface area contributed by atoms with Crippen LogP contribution < -0.4 is 0 Å². The number of benzene rings is 1. The number of carbonyl (C=O) groups is 1. The quantitative estimate of drug-likeness (QED) is 0.366. The molecule has 0 aliphatic carbocycles. The molecule has 0 spiro atoms. The fraction of sp³-hybridized carbons (Fsp3) is 0.182. The molecule has 0 aliphatic heterocycles. The van der Waals surface area contributed by atoms with Gasteiger partial charge in [-0.3, -0.25) is 0 Å². The molecule has 0 amide bonds. The zero-order valence-electron chi connectivity index (χ0n) is 8.17. The molecule has 1 aromatic carbocycles. The second-order valence-electron chi connectivity index (χ2n) is 2.85. The lowest BCUT2D eigenvalue weighted by Gasteiger charge is -2.01. The first kappa shape index (κ1) is 12.5. The van der Waals surface area contributed by atoms with E-state index < -0.39 is 0 Å². The lowest BCUT2D eigenvalue weighted by molar-refractivity contribution is -0.135. The second-order valence-corrected chi connectivity index (χ2v) is 4.05. The smallest absolute Gasteiger partial charge is 0.334 e. The lowest BCUT2D eigenvalue weighted by Crippen LogP contribution is -2.05. The summed E-state index contributed by atoms with van der Waals surface area (Å²) in [5.74, 6) is -0.302. The van der Waals surface area contributed by atoms with Gasteiger partial charge in [-0.2, -0.15) is 0 Å². The van der Waals surface area contributed by atoms with Crippen molar-refractivity contribution in [2.45, 2.75) is 0 Å². The van der Waals surface area contributed by atoms with E-state index in [-0.39, 0.29) is 5.97 Å². The first-order valence-electron chi connectivity index (χ1n) is 4.28. The van der Waals surface area contributed by atoms with Crippen molar-refractivity contribution < 1.29 is 9.53 Å².